The summed E-state index contributed by atoms with van der Waals surface area (Å²) in [5.74, 6) is 0.166. The highest BCUT2D eigenvalue weighted by atomic mass is 19.1. The van der Waals surface area contributed by atoms with Gasteiger partial charge in [0.05, 0.1) is 19.7 Å². The summed E-state index contributed by atoms with van der Waals surface area (Å²) in [6, 6.07) is 15.5. The number of nitrogens with one attached hydrogen (secondary N) is 3. The Morgan fingerprint density at radius 1 is 1.12 bits per heavy atom. The monoisotopic (exact) mass is 463 g/mol. The van der Waals surface area contributed by atoms with Crippen molar-refractivity contribution in [3.05, 3.63) is 66.0 Å². The lowest BCUT2D eigenvalue weighted by Crippen LogP contribution is -2.25. The number of aromatic nitrogens is 2. The summed E-state index contributed by atoms with van der Waals surface area (Å²) in [6.45, 7) is 2.55. The number of amides is 1. The number of aromatic amines is 1. The van der Waals surface area contributed by atoms with Crippen LogP contribution in [0.2, 0.25) is 0 Å². The molecule has 3 aromatic carbocycles. The molecule has 1 atom stereocenters. The third-order valence-corrected chi connectivity index (χ3v) is 5.35. The van der Waals surface area contributed by atoms with Gasteiger partial charge in [-0.2, -0.15) is 5.10 Å². The van der Waals surface area contributed by atoms with Crippen LogP contribution in [0.15, 0.2) is 54.6 Å². The lowest BCUT2D eigenvalue weighted by Gasteiger charge is -2.11. The maximum Gasteiger partial charge on any atom is 0.256 e. The van der Waals surface area contributed by atoms with Crippen molar-refractivity contribution in [3.63, 3.8) is 0 Å². The largest absolute Gasteiger partial charge is 0.497 e. The molecule has 1 amide bonds. The molecule has 34 heavy (non-hydrogen) atoms. The van der Waals surface area contributed by atoms with Gasteiger partial charge >= 0.3 is 0 Å². The van der Waals surface area contributed by atoms with Crippen molar-refractivity contribution in [2.75, 3.05) is 31.4 Å². The molecule has 0 aliphatic rings. The van der Waals surface area contributed by atoms with Gasteiger partial charge in [0.25, 0.3) is 5.91 Å². The first kappa shape index (κ1) is 23.1. The van der Waals surface area contributed by atoms with Crippen LogP contribution in [0.25, 0.3) is 22.0 Å². The van der Waals surface area contributed by atoms with Crippen LogP contribution < -0.4 is 25.8 Å². The van der Waals surface area contributed by atoms with Crippen molar-refractivity contribution in [1.82, 2.24) is 10.2 Å². The number of hydrogen-bond donors (Lipinski definition) is 4. The molecule has 1 heterocycles. The van der Waals surface area contributed by atoms with Gasteiger partial charge < -0.3 is 25.8 Å². The minimum absolute atomic E-state index is 0.0267. The van der Waals surface area contributed by atoms with Crippen LogP contribution in [0.5, 0.6) is 11.5 Å². The fourth-order valence-electron chi connectivity index (χ4n) is 3.53. The number of methoxy groups -OCH3 is 2. The summed E-state index contributed by atoms with van der Waals surface area (Å²) in [5.41, 5.74) is 8.70. The molecular formula is C25H26FN5O3. The van der Waals surface area contributed by atoms with E-state index in [9.17, 15) is 9.18 Å². The van der Waals surface area contributed by atoms with Gasteiger partial charge in [0.2, 0.25) is 0 Å². The Labute approximate surface area is 196 Å². The summed E-state index contributed by atoms with van der Waals surface area (Å²) >= 11 is 0. The van der Waals surface area contributed by atoms with E-state index in [-0.39, 0.29) is 17.7 Å². The van der Waals surface area contributed by atoms with Gasteiger partial charge in [-0.3, -0.25) is 9.89 Å². The summed E-state index contributed by atoms with van der Waals surface area (Å²) in [6.07, 6.45) is 0. The number of carbonyl (C=O) groups is 1. The minimum atomic E-state index is -0.491. The van der Waals surface area contributed by atoms with Gasteiger partial charge in [-0.25, -0.2) is 4.39 Å². The SMILES string of the molecule is COc1cc(OC)c(F)c(-c2ccc3c(NC(=O)c4ccc(NC[C@@H](C)N)cc4)n[nH]c3c2)c1. The quantitative estimate of drug-likeness (QED) is 0.308. The zero-order chi connectivity index (χ0) is 24.2. The van der Waals surface area contributed by atoms with E-state index in [0.29, 0.717) is 45.7 Å². The molecule has 0 unspecified atom stereocenters. The van der Waals surface area contributed by atoms with Crippen molar-refractivity contribution in [2.24, 2.45) is 5.73 Å². The normalized spacial score (nSPS) is 11.8. The predicted octanol–water partition coefficient (Wildman–Crippen LogP) is 4.40. The zero-order valence-corrected chi connectivity index (χ0v) is 19.1. The van der Waals surface area contributed by atoms with Gasteiger partial charge in [-0.05, 0) is 55.0 Å². The van der Waals surface area contributed by atoms with E-state index >= 15 is 0 Å². The summed E-state index contributed by atoms with van der Waals surface area (Å²) < 4.78 is 25.3. The number of rotatable bonds is 8. The van der Waals surface area contributed by atoms with Gasteiger partial charge in [0.15, 0.2) is 17.4 Å². The molecular weight excluding hydrogens is 437 g/mol. The third-order valence-electron chi connectivity index (χ3n) is 5.35. The minimum Gasteiger partial charge on any atom is -0.497 e. The van der Waals surface area contributed by atoms with Crippen molar-refractivity contribution in [3.8, 4) is 22.6 Å². The molecule has 4 aromatic rings. The highest BCUT2D eigenvalue weighted by Gasteiger charge is 2.16. The number of ether oxygens (including phenoxy) is 2. The van der Waals surface area contributed by atoms with Crippen molar-refractivity contribution < 1.29 is 18.7 Å². The first-order valence-corrected chi connectivity index (χ1v) is 10.7. The fraction of sp³-hybridized carbons (Fsp3) is 0.200. The Bertz CT molecular complexity index is 1320. The average Bonchev–Trinajstić information content (AvgIpc) is 3.25. The number of fused-ring (bicyclic) bond motifs is 1. The van der Waals surface area contributed by atoms with Gasteiger partial charge in [-0.15, -0.1) is 0 Å². The van der Waals surface area contributed by atoms with Crippen molar-refractivity contribution in [1.29, 1.82) is 0 Å². The molecule has 1 aromatic heterocycles. The number of H-pyrrole nitrogens is 1. The van der Waals surface area contributed by atoms with Gasteiger partial charge in [0.1, 0.15) is 5.75 Å². The molecule has 0 saturated heterocycles. The Hall–Kier alpha value is -4.11. The highest BCUT2D eigenvalue weighted by molar-refractivity contribution is 6.08. The smallest absolute Gasteiger partial charge is 0.256 e. The third kappa shape index (κ3) is 4.79. The number of hydrogen-bond acceptors (Lipinski definition) is 6. The summed E-state index contributed by atoms with van der Waals surface area (Å²) in [5, 5.41) is 13.8. The fourth-order valence-corrected chi connectivity index (χ4v) is 3.53. The molecule has 176 valence electrons. The Morgan fingerprint density at radius 2 is 1.88 bits per heavy atom. The molecule has 0 radical (unpaired) electrons. The van der Waals surface area contributed by atoms with Crippen LogP contribution in [0.3, 0.4) is 0 Å². The van der Waals surface area contributed by atoms with Crippen LogP contribution >= 0.6 is 0 Å². The van der Waals surface area contributed by atoms with E-state index < -0.39 is 5.82 Å². The molecule has 4 rings (SSSR count). The second-order valence-corrected chi connectivity index (χ2v) is 7.91. The number of carbonyl (C=O) groups excluding carboxylic acids is 1. The first-order valence-electron chi connectivity index (χ1n) is 10.7. The van der Waals surface area contributed by atoms with Crippen LogP contribution in [-0.2, 0) is 0 Å². The molecule has 0 aliphatic heterocycles. The average molecular weight is 464 g/mol. The first-order chi connectivity index (χ1) is 16.4. The number of nitrogens with zero attached hydrogens (tertiary/aromatic N) is 1. The maximum atomic E-state index is 14.9. The van der Waals surface area contributed by atoms with Crippen LogP contribution in [0, 0.1) is 5.82 Å². The van der Waals surface area contributed by atoms with Crippen molar-refractivity contribution >= 4 is 28.3 Å². The summed E-state index contributed by atoms with van der Waals surface area (Å²) in [4.78, 5) is 12.7. The second-order valence-electron chi connectivity index (χ2n) is 7.91. The number of halogens is 1. The van der Waals surface area contributed by atoms with Crippen molar-refractivity contribution in [2.45, 2.75) is 13.0 Å². The Kier molecular flexibility index (Phi) is 6.65. The maximum absolute atomic E-state index is 14.9. The molecule has 5 N–H and O–H groups in total. The number of nitrogens with two attached hydrogens (primary N) is 1. The lowest BCUT2D eigenvalue weighted by molar-refractivity contribution is 0.102. The van der Waals surface area contributed by atoms with E-state index in [1.54, 1.807) is 36.4 Å². The van der Waals surface area contributed by atoms with E-state index in [0.717, 1.165) is 5.69 Å². The lowest BCUT2D eigenvalue weighted by atomic mass is 10.0. The number of benzene rings is 3. The summed E-state index contributed by atoms with van der Waals surface area (Å²) in [7, 11) is 2.91. The van der Waals surface area contributed by atoms with Gasteiger partial charge in [0, 0.05) is 40.9 Å². The molecule has 0 aliphatic carbocycles. The highest BCUT2D eigenvalue weighted by Crippen LogP contribution is 2.35. The van der Waals surface area contributed by atoms with Crippen LogP contribution in [-0.4, -0.2) is 42.9 Å². The Balaban J connectivity index is 1.56. The molecule has 0 spiro atoms. The van der Waals surface area contributed by atoms with E-state index in [1.807, 2.05) is 19.1 Å². The van der Waals surface area contributed by atoms with E-state index in [1.165, 1.54) is 20.3 Å². The van der Waals surface area contributed by atoms with E-state index in [2.05, 4.69) is 20.8 Å². The molecule has 0 saturated carbocycles. The molecule has 8 nitrogen and oxygen atoms in total. The molecule has 0 fully saturated rings. The predicted molar refractivity (Wildman–Crippen MR) is 131 cm³/mol. The Morgan fingerprint density at radius 3 is 2.56 bits per heavy atom. The standard InChI is InChI=1S/C25H26FN5O3/c1-14(27)13-28-17-7-4-15(5-8-17)25(32)29-24-19-9-6-16(10-21(19)30-31-24)20-11-18(33-2)12-22(34-3)23(20)26/h4-12,14,28H,13,27H2,1-3H3,(H2,29,30,31,32)/t14-/m1/s1. The molecule has 9 heteroatoms. The molecule has 0 bridgehead atoms. The number of anilines is 2. The second kappa shape index (κ2) is 9.80. The van der Waals surface area contributed by atoms with Gasteiger partial charge in [-0.1, -0.05) is 6.07 Å². The van der Waals surface area contributed by atoms with Crippen LogP contribution in [0.1, 0.15) is 17.3 Å². The van der Waals surface area contributed by atoms with E-state index in [4.69, 9.17) is 15.2 Å². The zero-order valence-electron chi connectivity index (χ0n) is 19.1. The topological polar surface area (TPSA) is 114 Å². The van der Waals surface area contributed by atoms with Crippen LogP contribution in [0.4, 0.5) is 15.9 Å².